The smallest absolute Gasteiger partial charge is 0.459 e. The minimum Gasteiger partial charge on any atom is -0.459 e. The third-order valence-electron chi connectivity index (χ3n) is 5.49. The molecule has 0 aliphatic carbocycles. The first kappa shape index (κ1) is 24.2. The van der Waals surface area contributed by atoms with Gasteiger partial charge in [-0.25, -0.2) is 24.7 Å². The Morgan fingerprint density at radius 2 is 1.86 bits per heavy atom. The molecule has 3 N–H and O–H groups in total. The zero-order chi connectivity index (χ0) is 25.1. The number of carbonyl (C=O) groups is 3. The Bertz CT molecular complexity index is 1150. The third kappa shape index (κ3) is 5.25. The van der Waals surface area contributed by atoms with Gasteiger partial charge in [-0.3, -0.25) is 4.57 Å². The van der Waals surface area contributed by atoms with Crippen molar-refractivity contribution in [2.45, 2.75) is 44.4 Å². The van der Waals surface area contributed by atoms with Crippen molar-refractivity contribution in [3.8, 4) is 0 Å². The van der Waals surface area contributed by atoms with Gasteiger partial charge in [0.2, 0.25) is 0 Å². The van der Waals surface area contributed by atoms with Gasteiger partial charge in [0, 0.05) is 12.3 Å². The summed E-state index contributed by atoms with van der Waals surface area (Å²) < 4.78 is 22.6. The molecule has 0 saturated carbocycles. The van der Waals surface area contributed by atoms with Crippen molar-refractivity contribution in [3.63, 3.8) is 0 Å². The monoisotopic (exact) mass is 488 g/mol. The van der Waals surface area contributed by atoms with Crippen molar-refractivity contribution in [2.24, 2.45) is 11.7 Å². The lowest BCUT2D eigenvalue weighted by Gasteiger charge is -2.19. The average molecular weight is 488 g/mol. The van der Waals surface area contributed by atoms with E-state index in [0.29, 0.717) is 5.56 Å². The number of rotatable bonds is 8. The molecule has 0 spiro atoms. The van der Waals surface area contributed by atoms with Gasteiger partial charge in [0.05, 0.1) is 5.56 Å². The standard InChI is InChI=1S/C22H24N4O9/c1-11(2)15(23)20(28)35-25-14-8-9-26(21(29)24-14)18-17-16(33-22(30)34-17)13(32-18)10-31-19(27)12-6-4-3-5-7-12/h3-9,11,13,15-18H,10,23H2,1-2H3,(H,24,25,29)/t13-,15-,16-,17-,18-/m1/s1. The number of benzene rings is 1. The molecular weight excluding hydrogens is 464 g/mol. The minimum absolute atomic E-state index is 0.0434. The molecule has 3 heterocycles. The quantitative estimate of drug-likeness (QED) is 0.304. The molecule has 186 valence electrons. The Balaban J connectivity index is 1.43. The van der Waals surface area contributed by atoms with E-state index in [-0.39, 0.29) is 18.3 Å². The minimum atomic E-state index is -1.09. The van der Waals surface area contributed by atoms with Crippen LogP contribution in [0.15, 0.2) is 47.4 Å². The van der Waals surface area contributed by atoms with Crippen LogP contribution in [-0.2, 0) is 28.6 Å². The first-order valence-electron chi connectivity index (χ1n) is 10.8. The number of esters is 1. The van der Waals surface area contributed by atoms with Crippen molar-refractivity contribution in [2.75, 3.05) is 12.1 Å². The van der Waals surface area contributed by atoms with Gasteiger partial charge in [0.25, 0.3) is 0 Å². The van der Waals surface area contributed by atoms with Gasteiger partial charge in [0.15, 0.2) is 24.3 Å². The molecule has 0 bridgehead atoms. The Morgan fingerprint density at radius 3 is 2.54 bits per heavy atom. The maximum absolute atomic E-state index is 12.6. The molecule has 0 radical (unpaired) electrons. The molecule has 35 heavy (non-hydrogen) atoms. The summed E-state index contributed by atoms with van der Waals surface area (Å²) in [6.45, 7) is 3.28. The normalized spacial score (nSPS) is 23.7. The maximum Gasteiger partial charge on any atom is 0.509 e. The largest absolute Gasteiger partial charge is 0.509 e. The molecule has 1 aromatic carbocycles. The molecule has 13 heteroatoms. The fourth-order valence-corrected chi connectivity index (χ4v) is 3.51. The fraction of sp³-hybridized carbons (Fsp3) is 0.409. The van der Waals surface area contributed by atoms with Crippen LogP contribution in [0.1, 0.15) is 30.4 Å². The number of hydrogen-bond acceptors (Lipinski definition) is 12. The van der Waals surface area contributed by atoms with E-state index >= 15 is 0 Å². The van der Waals surface area contributed by atoms with E-state index in [0.717, 1.165) is 4.57 Å². The number of aromatic nitrogens is 2. The molecule has 2 aromatic rings. The molecule has 0 unspecified atom stereocenters. The summed E-state index contributed by atoms with van der Waals surface area (Å²) in [5.74, 6) is -1.48. The number of nitrogens with one attached hydrogen (secondary N) is 1. The van der Waals surface area contributed by atoms with Crippen molar-refractivity contribution in [3.05, 3.63) is 58.6 Å². The summed E-state index contributed by atoms with van der Waals surface area (Å²) in [6, 6.07) is 8.84. The van der Waals surface area contributed by atoms with E-state index in [1.807, 2.05) is 0 Å². The van der Waals surface area contributed by atoms with Gasteiger partial charge in [0.1, 0.15) is 18.8 Å². The summed E-state index contributed by atoms with van der Waals surface area (Å²) in [5, 5.41) is 0. The number of fused-ring (bicyclic) bond motifs is 1. The Kier molecular flexibility index (Phi) is 6.98. The molecule has 2 fully saturated rings. The lowest BCUT2D eigenvalue weighted by molar-refractivity contribution is -0.143. The first-order chi connectivity index (χ1) is 16.7. The summed E-state index contributed by atoms with van der Waals surface area (Å²) in [4.78, 5) is 57.2. The van der Waals surface area contributed by atoms with Gasteiger partial charge in [-0.1, -0.05) is 32.0 Å². The third-order valence-corrected chi connectivity index (χ3v) is 5.49. The van der Waals surface area contributed by atoms with Crippen molar-refractivity contribution >= 4 is 23.9 Å². The summed E-state index contributed by atoms with van der Waals surface area (Å²) in [6.07, 6.45) is -3.45. The summed E-state index contributed by atoms with van der Waals surface area (Å²) in [7, 11) is 0. The average Bonchev–Trinajstić information content (AvgIpc) is 3.38. The van der Waals surface area contributed by atoms with Crippen molar-refractivity contribution < 1.29 is 38.2 Å². The number of anilines is 1. The highest BCUT2D eigenvalue weighted by Crippen LogP contribution is 2.37. The maximum atomic E-state index is 12.6. The van der Waals surface area contributed by atoms with E-state index < -0.39 is 54.4 Å². The second kappa shape index (κ2) is 10.1. The van der Waals surface area contributed by atoms with Gasteiger partial charge >= 0.3 is 23.8 Å². The predicted molar refractivity (Wildman–Crippen MR) is 117 cm³/mol. The first-order valence-corrected chi connectivity index (χ1v) is 10.8. The van der Waals surface area contributed by atoms with Crippen LogP contribution in [0.25, 0.3) is 0 Å². The van der Waals surface area contributed by atoms with Crippen LogP contribution >= 0.6 is 0 Å². The number of nitrogens with zero attached hydrogens (tertiary/aromatic N) is 2. The highest BCUT2D eigenvalue weighted by atomic mass is 16.8. The highest BCUT2D eigenvalue weighted by molar-refractivity contribution is 5.89. The lowest BCUT2D eigenvalue weighted by Crippen LogP contribution is -2.38. The Labute approximate surface area is 199 Å². The molecule has 1 aromatic heterocycles. The summed E-state index contributed by atoms with van der Waals surface area (Å²) in [5.41, 5.74) is 7.56. The molecule has 5 atom stereocenters. The van der Waals surface area contributed by atoms with Crippen LogP contribution in [0.3, 0.4) is 0 Å². The fourth-order valence-electron chi connectivity index (χ4n) is 3.51. The van der Waals surface area contributed by atoms with Crippen LogP contribution in [0.5, 0.6) is 0 Å². The second-order valence-electron chi connectivity index (χ2n) is 8.24. The van der Waals surface area contributed by atoms with Crippen molar-refractivity contribution in [1.29, 1.82) is 0 Å². The van der Waals surface area contributed by atoms with Gasteiger partial charge < -0.3 is 29.5 Å². The lowest BCUT2D eigenvalue weighted by atomic mass is 10.1. The molecule has 4 rings (SSSR count). The van der Waals surface area contributed by atoms with Crippen LogP contribution in [0.2, 0.25) is 0 Å². The predicted octanol–water partition coefficient (Wildman–Crippen LogP) is 0.755. The van der Waals surface area contributed by atoms with Crippen LogP contribution in [0, 0.1) is 5.92 Å². The zero-order valence-electron chi connectivity index (χ0n) is 18.9. The van der Waals surface area contributed by atoms with Crippen LogP contribution < -0.4 is 16.9 Å². The van der Waals surface area contributed by atoms with E-state index in [1.165, 1.54) is 12.3 Å². The van der Waals surface area contributed by atoms with E-state index in [9.17, 15) is 19.2 Å². The van der Waals surface area contributed by atoms with E-state index in [1.54, 1.807) is 44.2 Å². The van der Waals surface area contributed by atoms with Crippen LogP contribution in [-0.4, -0.2) is 58.6 Å². The molecule has 0 amide bonds. The number of hydrogen-bond donors (Lipinski definition) is 2. The SMILES string of the molecule is CC(C)[C@@H](N)C(=O)ONc1ccn([C@@H]2O[C@H](COC(=O)c3ccccc3)[C@H]3OC(=O)O[C@H]32)c(=O)n1. The second-order valence-corrected chi connectivity index (χ2v) is 8.24. The molecule has 2 aliphatic rings. The number of carbonyl (C=O) groups excluding carboxylic acids is 3. The zero-order valence-corrected chi connectivity index (χ0v) is 18.9. The van der Waals surface area contributed by atoms with E-state index in [4.69, 9.17) is 29.5 Å². The molecular formula is C22H24N4O9. The van der Waals surface area contributed by atoms with Gasteiger partial charge in [-0.05, 0) is 18.1 Å². The molecule has 2 saturated heterocycles. The topological polar surface area (TPSA) is 170 Å². The van der Waals surface area contributed by atoms with Gasteiger partial charge in [-0.2, -0.15) is 4.98 Å². The van der Waals surface area contributed by atoms with Crippen LogP contribution in [0.4, 0.5) is 10.6 Å². The Morgan fingerprint density at radius 1 is 1.14 bits per heavy atom. The molecule has 2 aliphatic heterocycles. The molecule has 13 nitrogen and oxygen atoms in total. The Hall–Kier alpha value is -3.97. The number of ether oxygens (including phenoxy) is 4. The highest BCUT2D eigenvalue weighted by Gasteiger charge is 2.55. The van der Waals surface area contributed by atoms with E-state index in [2.05, 4.69) is 10.5 Å². The van der Waals surface area contributed by atoms with Gasteiger partial charge in [-0.15, -0.1) is 0 Å². The van der Waals surface area contributed by atoms with Crippen molar-refractivity contribution in [1.82, 2.24) is 9.55 Å². The summed E-state index contributed by atoms with van der Waals surface area (Å²) >= 11 is 0. The number of nitrogens with two attached hydrogens (primary N) is 1.